The molecule has 1 N–H and O–H groups in total. The molecule has 3 rings (SSSR count). The molecule has 188 valence electrons. The van der Waals surface area contributed by atoms with Crippen LogP contribution in [0.2, 0.25) is 0 Å². The van der Waals surface area contributed by atoms with Crippen molar-refractivity contribution >= 4 is 38.5 Å². The van der Waals surface area contributed by atoms with Crippen molar-refractivity contribution in [3.8, 4) is 23.3 Å². The zero-order valence-electron chi connectivity index (χ0n) is 19.8. The van der Waals surface area contributed by atoms with E-state index >= 15 is 0 Å². The number of carbonyl (C=O) groups is 1. The van der Waals surface area contributed by atoms with E-state index in [0.717, 1.165) is 11.3 Å². The number of hydrogen-bond acceptors (Lipinski definition) is 10. The Bertz CT molecular complexity index is 1410. The lowest BCUT2D eigenvalue weighted by Crippen LogP contribution is -2.14. The van der Waals surface area contributed by atoms with Gasteiger partial charge in [0, 0.05) is 11.5 Å². The van der Waals surface area contributed by atoms with Gasteiger partial charge in [0.15, 0.2) is 11.5 Å². The number of nitrogens with one attached hydrogen (secondary N) is 1. The van der Waals surface area contributed by atoms with Crippen molar-refractivity contribution in [2.24, 2.45) is 0 Å². The van der Waals surface area contributed by atoms with Crippen molar-refractivity contribution in [3.63, 3.8) is 0 Å². The van der Waals surface area contributed by atoms with Gasteiger partial charge in [0.05, 0.1) is 12.9 Å². The van der Waals surface area contributed by atoms with Crippen molar-refractivity contribution in [2.45, 2.75) is 19.0 Å². The second-order valence-corrected chi connectivity index (χ2v) is 10.2. The van der Waals surface area contributed by atoms with Crippen LogP contribution in [0.15, 0.2) is 53.2 Å². The van der Waals surface area contributed by atoms with Crippen LogP contribution in [0.5, 0.6) is 17.2 Å². The number of para-hydroxylation sites is 1. The van der Waals surface area contributed by atoms with E-state index < -0.39 is 15.7 Å². The number of anilines is 1. The zero-order valence-corrected chi connectivity index (χ0v) is 21.5. The summed E-state index contributed by atoms with van der Waals surface area (Å²) >= 11 is 0.715. The minimum Gasteiger partial charge on any atom is -0.493 e. The number of amides is 1. The molecular weight excluding hydrogens is 504 g/mol. The summed E-state index contributed by atoms with van der Waals surface area (Å²) in [7, 11) is -2.12. The van der Waals surface area contributed by atoms with E-state index in [1.54, 1.807) is 18.2 Å². The third-order valence-corrected chi connectivity index (χ3v) is 7.09. The summed E-state index contributed by atoms with van der Waals surface area (Å²) in [6.45, 7) is 4.04. The van der Waals surface area contributed by atoms with E-state index in [1.165, 1.54) is 20.1 Å². The van der Waals surface area contributed by atoms with Gasteiger partial charge in [-0.1, -0.05) is 31.2 Å². The summed E-state index contributed by atoms with van der Waals surface area (Å²) in [6.07, 6.45) is 1.37. The van der Waals surface area contributed by atoms with Crippen LogP contribution in [0.4, 0.5) is 5.13 Å². The minimum absolute atomic E-state index is 0.0255. The molecule has 0 spiro atoms. The van der Waals surface area contributed by atoms with Crippen LogP contribution in [0.25, 0.3) is 6.08 Å². The summed E-state index contributed by atoms with van der Waals surface area (Å²) in [5.41, 5.74) is 1.34. The van der Waals surface area contributed by atoms with E-state index in [4.69, 9.17) is 14.2 Å². The fraction of sp³-hybridized carbons (Fsp3) is 0.250. The summed E-state index contributed by atoms with van der Waals surface area (Å²) in [6, 6.07) is 14.5. The summed E-state index contributed by atoms with van der Waals surface area (Å²) in [5, 5.41) is 11.5. The van der Waals surface area contributed by atoms with Crippen molar-refractivity contribution in [2.75, 3.05) is 31.4 Å². The molecule has 0 radical (unpaired) electrons. The summed E-state index contributed by atoms with van der Waals surface area (Å²) in [4.78, 5) is 16.4. The normalized spacial score (nSPS) is 11.4. The van der Waals surface area contributed by atoms with E-state index in [2.05, 4.69) is 14.7 Å². The summed E-state index contributed by atoms with van der Waals surface area (Å²) in [5.74, 6) is 0.761. The first-order valence-electron chi connectivity index (χ1n) is 10.8. The Balaban J connectivity index is 1.65. The Hall–Kier alpha value is -3.95. The number of nitrogens with zero attached hydrogens (tertiary/aromatic N) is 3. The molecule has 2 aromatic carbocycles. The number of rotatable bonds is 11. The van der Waals surface area contributed by atoms with Gasteiger partial charge in [0.1, 0.15) is 30.6 Å². The number of hydrogen-bond donors (Lipinski definition) is 1. The molecule has 0 aliphatic rings. The van der Waals surface area contributed by atoms with E-state index in [1.807, 2.05) is 37.3 Å². The molecule has 0 aliphatic heterocycles. The topological polar surface area (TPSA) is 140 Å². The van der Waals surface area contributed by atoms with Crippen LogP contribution in [0.1, 0.15) is 18.1 Å². The highest BCUT2D eigenvalue weighted by atomic mass is 32.2. The maximum absolute atomic E-state index is 12.5. The van der Waals surface area contributed by atoms with Crippen molar-refractivity contribution in [1.82, 2.24) is 9.36 Å². The van der Waals surface area contributed by atoms with Gasteiger partial charge < -0.3 is 14.2 Å². The van der Waals surface area contributed by atoms with E-state index in [0.29, 0.717) is 35.2 Å². The maximum Gasteiger partial charge on any atom is 0.268 e. The molecular formula is C24H24N4O6S2. The van der Waals surface area contributed by atoms with Gasteiger partial charge in [-0.2, -0.15) is 14.6 Å². The fourth-order valence-corrected chi connectivity index (χ4v) is 4.49. The van der Waals surface area contributed by atoms with Gasteiger partial charge in [0.25, 0.3) is 11.1 Å². The predicted octanol–water partition coefficient (Wildman–Crippen LogP) is 3.65. The number of aromatic nitrogens is 2. The fourth-order valence-electron chi connectivity index (χ4n) is 2.91. The van der Waals surface area contributed by atoms with Gasteiger partial charge in [0.2, 0.25) is 15.0 Å². The standard InChI is InChI=1S/C24H24N4O6S2/c1-4-36(30,31)24-27-23(35-28-24)26-22(29)18(15-25)13-17-9-10-20(21(14-17)32-3)34-12-11-33-19-8-6-5-7-16(19)2/h5-10,13-14H,4,11-12H2,1-3H3,(H,26,27,28,29)/b18-13-. The molecule has 0 aliphatic carbocycles. The quantitative estimate of drug-likeness (QED) is 0.224. The van der Waals surface area contributed by atoms with Gasteiger partial charge in [-0.05, 0) is 42.3 Å². The first-order chi connectivity index (χ1) is 17.3. The first-order valence-corrected chi connectivity index (χ1v) is 13.2. The molecule has 0 saturated heterocycles. The molecule has 0 atom stereocenters. The average Bonchev–Trinajstić information content (AvgIpc) is 3.35. The lowest BCUT2D eigenvalue weighted by Gasteiger charge is -2.13. The highest BCUT2D eigenvalue weighted by Gasteiger charge is 2.20. The third-order valence-electron chi connectivity index (χ3n) is 4.84. The van der Waals surface area contributed by atoms with Gasteiger partial charge in [-0.15, -0.1) is 0 Å². The predicted molar refractivity (Wildman–Crippen MR) is 135 cm³/mol. The molecule has 0 unspecified atom stereocenters. The maximum atomic E-state index is 12.5. The number of aryl methyl sites for hydroxylation is 1. The number of benzene rings is 2. The highest BCUT2D eigenvalue weighted by Crippen LogP contribution is 2.29. The molecule has 0 saturated carbocycles. The van der Waals surface area contributed by atoms with E-state index in [-0.39, 0.29) is 28.2 Å². The molecule has 1 amide bonds. The average molecular weight is 529 g/mol. The summed E-state index contributed by atoms with van der Waals surface area (Å²) < 4.78 is 44.3. The van der Waals surface area contributed by atoms with Crippen LogP contribution < -0.4 is 19.5 Å². The number of sulfone groups is 1. The smallest absolute Gasteiger partial charge is 0.268 e. The van der Waals surface area contributed by atoms with Gasteiger partial charge in [-0.3, -0.25) is 10.1 Å². The Morgan fingerprint density at radius 2 is 1.86 bits per heavy atom. The Morgan fingerprint density at radius 1 is 1.14 bits per heavy atom. The van der Waals surface area contributed by atoms with Gasteiger partial charge in [-0.25, -0.2) is 8.42 Å². The van der Waals surface area contributed by atoms with Crippen LogP contribution in [-0.2, 0) is 14.6 Å². The molecule has 0 bridgehead atoms. The van der Waals surface area contributed by atoms with Crippen molar-refractivity contribution in [3.05, 3.63) is 59.2 Å². The lowest BCUT2D eigenvalue weighted by atomic mass is 10.1. The highest BCUT2D eigenvalue weighted by molar-refractivity contribution is 7.91. The van der Waals surface area contributed by atoms with Crippen LogP contribution in [-0.4, -0.2) is 49.8 Å². The number of methoxy groups -OCH3 is 1. The molecule has 12 heteroatoms. The van der Waals surface area contributed by atoms with Crippen LogP contribution >= 0.6 is 11.5 Å². The second-order valence-electron chi connectivity index (χ2n) is 7.28. The van der Waals surface area contributed by atoms with Crippen LogP contribution in [0, 0.1) is 18.3 Å². The molecule has 36 heavy (non-hydrogen) atoms. The number of nitriles is 1. The Kier molecular flexibility index (Phi) is 8.99. The Labute approximate surface area is 213 Å². The SMILES string of the molecule is CCS(=O)(=O)c1nsc(NC(=O)/C(C#N)=C\c2ccc(OCCOc3ccccc3C)c(OC)c2)n1. The molecule has 10 nitrogen and oxygen atoms in total. The Morgan fingerprint density at radius 3 is 2.53 bits per heavy atom. The molecule has 1 aromatic heterocycles. The minimum atomic E-state index is -3.60. The van der Waals surface area contributed by atoms with Crippen molar-refractivity contribution < 1.29 is 27.4 Å². The third kappa shape index (κ3) is 6.80. The van der Waals surface area contributed by atoms with Crippen LogP contribution in [0.3, 0.4) is 0 Å². The second kappa shape index (κ2) is 12.1. The van der Waals surface area contributed by atoms with Crippen molar-refractivity contribution in [1.29, 1.82) is 5.26 Å². The number of ether oxygens (including phenoxy) is 3. The molecule has 3 aromatic rings. The number of carbonyl (C=O) groups excluding carboxylic acids is 1. The largest absolute Gasteiger partial charge is 0.493 e. The zero-order chi connectivity index (χ0) is 26.1. The molecule has 1 heterocycles. The lowest BCUT2D eigenvalue weighted by molar-refractivity contribution is -0.112. The van der Waals surface area contributed by atoms with E-state index in [9.17, 15) is 18.5 Å². The first kappa shape index (κ1) is 26.7. The monoisotopic (exact) mass is 528 g/mol. The van der Waals surface area contributed by atoms with Gasteiger partial charge >= 0.3 is 0 Å². The molecule has 0 fully saturated rings.